The number of ketones is 1. The van der Waals surface area contributed by atoms with Gasteiger partial charge in [0.15, 0.2) is 0 Å². The maximum absolute atomic E-state index is 12.8. The predicted octanol–water partition coefficient (Wildman–Crippen LogP) is 3.15. The summed E-state index contributed by atoms with van der Waals surface area (Å²) in [7, 11) is 1.71. The summed E-state index contributed by atoms with van der Waals surface area (Å²) in [6, 6.07) is 6.18. The number of hydrogen-bond acceptors (Lipinski definition) is 3. The van der Waals surface area contributed by atoms with Crippen molar-refractivity contribution in [1.29, 1.82) is 0 Å². The Hall–Kier alpha value is -1.61. The van der Waals surface area contributed by atoms with Crippen molar-refractivity contribution < 1.29 is 14.6 Å². The van der Waals surface area contributed by atoms with Gasteiger partial charge in [0.1, 0.15) is 11.5 Å². The molecule has 0 amide bonds. The number of fused-ring (bicyclic) bond motifs is 5. The smallest absolute Gasteiger partial charge is 0.148 e. The highest BCUT2D eigenvalue weighted by molar-refractivity contribution is 5.98. The third-order valence-electron chi connectivity index (χ3n) is 6.04. The summed E-state index contributed by atoms with van der Waals surface area (Å²) in [4.78, 5) is 12.8. The van der Waals surface area contributed by atoms with Gasteiger partial charge < -0.3 is 9.84 Å². The first-order valence-corrected chi connectivity index (χ1v) is 8.17. The van der Waals surface area contributed by atoms with Crippen molar-refractivity contribution in [3.05, 3.63) is 34.9 Å². The third kappa shape index (κ3) is 1.69. The van der Waals surface area contributed by atoms with E-state index in [0.717, 1.165) is 31.4 Å². The van der Waals surface area contributed by atoms with Gasteiger partial charge in [-0.1, -0.05) is 17.7 Å². The number of methoxy groups -OCH3 is 1. The first-order valence-electron chi connectivity index (χ1n) is 8.17. The van der Waals surface area contributed by atoms with Crippen LogP contribution in [0.5, 0.6) is 5.75 Å². The molecule has 0 unspecified atom stereocenters. The van der Waals surface area contributed by atoms with Gasteiger partial charge in [-0.15, -0.1) is 0 Å². The number of aliphatic hydroxyl groups is 1. The second-order valence-electron chi connectivity index (χ2n) is 7.06. The van der Waals surface area contributed by atoms with E-state index in [1.54, 1.807) is 7.11 Å². The maximum Gasteiger partial charge on any atom is 0.148 e. The molecule has 3 atom stereocenters. The number of aliphatic hydroxyl groups excluding tert-OH is 1. The Bertz CT molecular complexity index is 688. The second kappa shape index (κ2) is 4.69. The number of carbonyl (C=O) groups excluding carboxylic acids is 1. The summed E-state index contributed by atoms with van der Waals surface area (Å²) in [6.45, 7) is 2.09. The topological polar surface area (TPSA) is 46.5 Å². The Morgan fingerprint density at radius 2 is 2.14 bits per heavy atom. The highest BCUT2D eigenvalue weighted by Gasteiger charge is 2.52. The highest BCUT2D eigenvalue weighted by Crippen LogP contribution is 2.55. The molecule has 0 radical (unpaired) electrons. The van der Waals surface area contributed by atoms with E-state index >= 15 is 0 Å². The van der Waals surface area contributed by atoms with Crippen LogP contribution in [0.2, 0.25) is 0 Å². The zero-order valence-corrected chi connectivity index (χ0v) is 13.2. The van der Waals surface area contributed by atoms with Crippen LogP contribution in [0.1, 0.15) is 43.7 Å². The van der Waals surface area contributed by atoms with Crippen LogP contribution in [-0.2, 0) is 11.2 Å². The summed E-state index contributed by atoms with van der Waals surface area (Å²) < 4.78 is 5.51. The summed E-state index contributed by atoms with van der Waals surface area (Å²) in [5, 5.41) is 10.3. The molecule has 1 aromatic rings. The summed E-state index contributed by atoms with van der Waals surface area (Å²) >= 11 is 0. The lowest BCUT2D eigenvalue weighted by Gasteiger charge is -2.48. The lowest BCUT2D eigenvalue weighted by molar-refractivity contribution is -0.139. The quantitative estimate of drug-likeness (QED) is 0.866. The number of rotatable bonds is 1. The van der Waals surface area contributed by atoms with Crippen LogP contribution in [0.3, 0.4) is 0 Å². The molecule has 4 rings (SSSR count). The predicted molar refractivity (Wildman–Crippen MR) is 84.7 cm³/mol. The van der Waals surface area contributed by atoms with Crippen molar-refractivity contribution in [1.82, 2.24) is 0 Å². The van der Waals surface area contributed by atoms with Gasteiger partial charge in [0.25, 0.3) is 0 Å². The Labute approximate surface area is 131 Å². The number of carbonyl (C=O) groups is 1. The molecule has 3 heteroatoms. The van der Waals surface area contributed by atoms with Gasteiger partial charge in [-0.3, -0.25) is 4.79 Å². The van der Waals surface area contributed by atoms with Crippen LogP contribution >= 0.6 is 0 Å². The Morgan fingerprint density at radius 1 is 1.32 bits per heavy atom. The minimum Gasteiger partial charge on any atom is -0.496 e. The van der Waals surface area contributed by atoms with Crippen LogP contribution in [0.4, 0.5) is 0 Å². The van der Waals surface area contributed by atoms with Crippen LogP contribution in [-0.4, -0.2) is 24.1 Å². The van der Waals surface area contributed by atoms with Gasteiger partial charge in [0.05, 0.1) is 13.2 Å². The fraction of sp³-hybridized carbons (Fsp3) is 0.526. The molecule has 1 N–H and O–H groups in total. The molecule has 1 saturated carbocycles. The lowest BCUT2D eigenvalue weighted by Crippen LogP contribution is -2.49. The molecule has 0 aromatic heterocycles. The van der Waals surface area contributed by atoms with Crippen molar-refractivity contribution in [3.63, 3.8) is 0 Å². The molecule has 116 valence electrons. The van der Waals surface area contributed by atoms with Gasteiger partial charge in [0.2, 0.25) is 0 Å². The molecule has 3 aliphatic rings. The van der Waals surface area contributed by atoms with Gasteiger partial charge in [-0.05, 0) is 56.2 Å². The third-order valence-corrected chi connectivity index (χ3v) is 6.04. The molecule has 1 aromatic carbocycles. The van der Waals surface area contributed by atoms with Crippen molar-refractivity contribution in [2.75, 3.05) is 7.11 Å². The molecule has 1 fully saturated rings. The van der Waals surface area contributed by atoms with E-state index in [1.807, 2.05) is 12.1 Å². The molecule has 2 bridgehead atoms. The number of ether oxygens (including phenoxy) is 1. The number of allylic oxidation sites excluding steroid dienone is 2. The maximum atomic E-state index is 12.8. The fourth-order valence-corrected chi connectivity index (χ4v) is 4.80. The van der Waals surface area contributed by atoms with Crippen molar-refractivity contribution in [3.8, 4) is 5.75 Å². The fourth-order valence-electron chi connectivity index (χ4n) is 4.80. The normalized spacial score (nSPS) is 33.3. The zero-order valence-electron chi connectivity index (χ0n) is 13.2. The Balaban J connectivity index is 1.91. The zero-order chi connectivity index (χ0) is 15.5. The molecule has 0 aliphatic heterocycles. The van der Waals surface area contributed by atoms with Crippen molar-refractivity contribution in [2.24, 2.45) is 11.3 Å². The molecule has 3 nitrogen and oxygen atoms in total. The molecule has 0 spiro atoms. The first-order chi connectivity index (χ1) is 10.6. The minimum atomic E-state index is -0.481. The Morgan fingerprint density at radius 3 is 2.91 bits per heavy atom. The monoisotopic (exact) mass is 298 g/mol. The molecule has 3 aliphatic carbocycles. The Kier molecular flexibility index (Phi) is 2.99. The average Bonchev–Trinajstić information content (AvgIpc) is 2.53. The van der Waals surface area contributed by atoms with E-state index in [2.05, 4.69) is 13.0 Å². The van der Waals surface area contributed by atoms with Crippen LogP contribution in [0, 0.1) is 11.3 Å². The van der Waals surface area contributed by atoms with E-state index in [9.17, 15) is 9.90 Å². The molecule has 22 heavy (non-hydrogen) atoms. The number of Topliss-reactive ketones (excluding diaryl/α,β-unsaturated/α-hetero) is 1. The SMILES string of the molecule is COc1cccc2c1CCC1=C2C[C@H]2C(=O)[C@@]1(C)CC[C@@H]2O. The van der Waals surface area contributed by atoms with Gasteiger partial charge >= 0.3 is 0 Å². The van der Waals surface area contributed by atoms with Gasteiger partial charge in [0, 0.05) is 16.9 Å². The molecule has 0 saturated heterocycles. The minimum absolute atomic E-state index is 0.227. The van der Waals surface area contributed by atoms with Gasteiger partial charge in [-0.25, -0.2) is 0 Å². The molecular formula is C19H22O3. The van der Waals surface area contributed by atoms with E-state index in [0.29, 0.717) is 6.42 Å². The van der Waals surface area contributed by atoms with E-state index in [1.165, 1.54) is 22.3 Å². The molecular weight excluding hydrogens is 276 g/mol. The lowest BCUT2D eigenvalue weighted by atomic mass is 9.55. The summed E-state index contributed by atoms with van der Waals surface area (Å²) in [5.74, 6) is 0.975. The van der Waals surface area contributed by atoms with Crippen LogP contribution in [0.25, 0.3) is 5.57 Å². The summed E-state index contributed by atoms with van der Waals surface area (Å²) in [6.07, 6.45) is 3.61. The van der Waals surface area contributed by atoms with E-state index < -0.39 is 6.10 Å². The summed E-state index contributed by atoms with van der Waals surface area (Å²) in [5.41, 5.74) is 4.75. The van der Waals surface area contributed by atoms with Crippen molar-refractivity contribution >= 4 is 11.4 Å². The molecule has 0 heterocycles. The standard InChI is InChI=1S/C19H22O3/c1-19-9-8-16(20)14(18(19)21)10-13-11-4-3-5-17(22-2)12(11)6-7-15(13)19/h3-5,14,16,20H,6-10H2,1-2H3/t14-,16+,19+/m1/s1. The van der Waals surface area contributed by atoms with Crippen LogP contribution in [0.15, 0.2) is 23.8 Å². The largest absolute Gasteiger partial charge is 0.496 e. The second-order valence-corrected chi connectivity index (χ2v) is 7.06. The number of hydrogen-bond donors (Lipinski definition) is 1. The van der Waals surface area contributed by atoms with Crippen molar-refractivity contribution in [2.45, 2.75) is 45.1 Å². The highest BCUT2D eigenvalue weighted by atomic mass is 16.5. The van der Waals surface area contributed by atoms with E-state index in [4.69, 9.17) is 4.74 Å². The van der Waals surface area contributed by atoms with E-state index in [-0.39, 0.29) is 17.1 Å². The van der Waals surface area contributed by atoms with Gasteiger partial charge in [-0.2, -0.15) is 0 Å². The number of benzene rings is 1. The van der Waals surface area contributed by atoms with Crippen LogP contribution < -0.4 is 4.74 Å². The average molecular weight is 298 g/mol. The first kappa shape index (κ1) is 14.0.